The Morgan fingerprint density at radius 3 is 2.21 bits per heavy atom. The predicted octanol–water partition coefficient (Wildman–Crippen LogP) is 0.800. The molecule has 1 unspecified atom stereocenters. The lowest BCUT2D eigenvalue weighted by Crippen LogP contribution is -2.55. The lowest BCUT2D eigenvalue weighted by molar-refractivity contribution is 0.0729. The summed E-state index contributed by atoms with van der Waals surface area (Å²) in [5.74, 6) is 0.729. The highest BCUT2D eigenvalue weighted by molar-refractivity contribution is 4.82. The highest BCUT2D eigenvalue weighted by Crippen LogP contribution is 2.13. The van der Waals surface area contributed by atoms with Crippen molar-refractivity contribution in [1.82, 2.24) is 20.0 Å². The molecule has 4 heteroatoms. The van der Waals surface area contributed by atoms with Gasteiger partial charge in [0, 0.05) is 51.9 Å². The molecule has 0 aromatic rings. The zero-order chi connectivity index (χ0) is 14.3. The highest BCUT2D eigenvalue weighted by atomic mass is 15.3. The maximum atomic E-state index is 3.52. The first kappa shape index (κ1) is 16.9. The molecule has 1 fully saturated rings. The van der Waals surface area contributed by atoms with Crippen molar-refractivity contribution in [1.29, 1.82) is 0 Å². The second kappa shape index (κ2) is 8.90. The third kappa shape index (κ3) is 6.21. The number of nitrogens with zero attached hydrogens (tertiary/aromatic N) is 3. The Bertz CT molecular complexity index is 222. The molecule has 0 aromatic heterocycles. The first-order valence-electron chi connectivity index (χ1n) is 7.86. The molecule has 0 aromatic carbocycles. The van der Waals surface area contributed by atoms with Crippen LogP contribution in [0.15, 0.2) is 0 Å². The molecule has 1 N–H and O–H groups in total. The maximum Gasteiger partial charge on any atom is 0.0244 e. The van der Waals surface area contributed by atoms with E-state index in [1.54, 1.807) is 0 Å². The number of rotatable bonds is 8. The molecule has 0 spiro atoms. The van der Waals surface area contributed by atoms with E-state index in [2.05, 4.69) is 54.9 Å². The van der Waals surface area contributed by atoms with Gasteiger partial charge < -0.3 is 10.2 Å². The summed E-state index contributed by atoms with van der Waals surface area (Å²) in [6.45, 7) is 16.4. The fourth-order valence-electron chi connectivity index (χ4n) is 2.74. The Hall–Kier alpha value is -0.160. The van der Waals surface area contributed by atoms with E-state index in [0.29, 0.717) is 6.04 Å². The third-order valence-electron chi connectivity index (χ3n) is 4.11. The molecule has 1 atom stereocenters. The van der Waals surface area contributed by atoms with Crippen LogP contribution in [0, 0.1) is 5.92 Å². The summed E-state index contributed by atoms with van der Waals surface area (Å²) < 4.78 is 0. The summed E-state index contributed by atoms with van der Waals surface area (Å²) in [6.07, 6.45) is 0. The lowest BCUT2D eigenvalue weighted by atomic mass is 10.0. The first-order chi connectivity index (χ1) is 9.04. The quantitative estimate of drug-likeness (QED) is 0.704. The first-order valence-corrected chi connectivity index (χ1v) is 7.86. The molecule has 0 bridgehead atoms. The molecular weight excluding hydrogens is 236 g/mol. The summed E-state index contributed by atoms with van der Waals surface area (Å²) in [6, 6.07) is 0.691. The van der Waals surface area contributed by atoms with Crippen molar-refractivity contribution in [3.8, 4) is 0 Å². The number of piperazine rings is 1. The predicted molar refractivity (Wildman–Crippen MR) is 83.7 cm³/mol. The molecule has 1 heterocycles. The Kier molecular flexibility index (Phi) is 7.91. The zero-order valence-electron chi connectivity index (χ0n) is 13.7. The van der Waals surface area contributed by atoms with Crippen molar-refractivity contribution in [2.45, 2.75) is 26.8 Å². The van der Waals surface area contributed by atoms with E-state index in [0.717, 1.165) is 19.0 Å². The van der Waals surface area contributed by atoms with Crippen molar-refractivity contribution in [2.75, 3.05) is 66.5 Å². The molecule has 19 heavy (non-hydrogen) atoms. The van der Waals surface area contributed by atoms with Gasteiger partial charge in [0.25, 0.3) is 0 Å². The van der Waals surface area contributed by atoms with Crippen molar-refractivity contribution < 1.29 is 0 Å². The molecule has 0 radical (unpaired) electrons. The third-order valence-corrected chi connectivity index (χ3v) is 4.11. The van der Waals surface area contributed by atoms with Gasteiger partial charge in [-0.3, -0.25) is 9.80 Å². The van der Waals surface area contributed by atoms with Crippen molar-refractivity contribution in [3.05, 3.63) is 0 Å². The van der Waals surface area contributed by atoms with E-state index in [-0.39, 0.29) is 0 Å². The molecule has 0 aliphatic carbocycles. The second-order valence-electron chi connectivity index (χ2n) is 6.30. The van der Waals surface area contributed by atoms with Gasteiger partial charge in [0.05, 0.1) is 0 Å². The van der Waals surface area contributed by atoms with Gasteiger partial charge in [0.1, 0.15) is 0 Å². The van der Waals surface area contributed by atoms with Crippen molar-refractivity contribution >= 4 is 0 Å². The summed E-state index contributed by atoms with van der Waals surface area (Å²) >= 11 is 0. The summed E-state index contributed by atoms with van der Waals surface area (Å²) in [4.78, 5) is 7.55. The molecule has 1 aliphatic heterocycles. The molecule has 0 saturated carbocycles. The number of hydrogen-bond acceptors (Lipinski definition) is 4. The molecule has 0 amide bonds. The van der Waals surface area contributed by atoms with Gasteiger partial charge in [-0.15, -0.1) is 0 Å². The van der Waals surface area contributed by atoms with Gasteiger partial charge in [-0.2, -0.15) is 0 Å². The summed E-state index contributed by atoms with van der Waals surface area (Å²) in [5, 5.41) is 3.52. The number of hydrogen-bond donors (Lipinski definition) is 1. The average Bonchev–Trinajstić information content (AvgIpc) is 2.37. The lowest BCUT2D eigenvalue weighted by Gasteiger charge is -2.41. The van der Waals surface area contributed by atoms with Crippen molar-refractivity contribution in [3.63, 3.8) is 0 Å². The molecule has 1 rings (SSSR count). The van der Waals surface area contributed by atoms with E-state index >= 15 is 0 Å². The van der Waals surface area contributed by atoms with Crippen LogP contribution in [-0.4, -0.2) is 87.2 Å². The monoisotopic (exact) mass is 270 g/mol. The van der Waals surface area contributed by atoms with Gasteiger partial charge in [-0.25, -0.2) is 0 Å². The molecule has 4 nitrogen and oxygen atoms in total. The van der Waals surface area contributed by atoms with Crippen LogP contribution >= 0.6 is 0 Å². The van der Waals surface area contributed by atoms with E-state index < -0.39 is 0 Å². The van der Waals surface area contributed by atoms with Crippen LogP contribution in [0.4, 0.5) is 0 Å². The number of likely N-dealkylation sites (N-methyl/N-ethyl adjacent to an activating group) is 2. The maximum absolute atomic E-state index is 3.52. The second-order valence-corrected chi connectivity index (χ2v) is 6.30. The van der Waals surface area contributed by atoms with Crippen LogP contribution in [0.2, 0.25) is 0 Å². The summed E-state index contributed by atoms with van der Waals surface area (Å²) in [7, 11) is 4.31. The standard InChI is InChI=1S/C15H34N4/c1-6-16-13-15(14(2)3)19-11-9-18(10-12-19)8-7-17(4)5/h14-16H,6-13H2,1-5H3. The minimum absolute atomic E-state index is 0.691. The van der Waals surface area contributed by atoms with Crippen LogP contribution in [0.25, 0.3) is 0 Å². The molecule has 1 saturated heterocycles. The Balaban J connectivity index is 2.33. The largest absolute Gasteiger partial charge is 0.315 e. The van der Waals surface area contributed by atoms with Gasteiger partial charge in [-0.05, 0) is 26.6 Å². The van der Waals surface area contributed by atoms with E-state index in [1.165, 1.54) is 39.3 Å². The van der Waals surface area contributed by atoms with E-state index in [1.807, 2.05) is 0 Å². The Morgan fingerprint density at radius 1 is 1.11 bits per heavy atom. The van der Waals surface area contributed by atoms with Gasteiger partial charge in [0.15, 0.2) is 0 Å². The van der Waals surface area contributed by atoms with E-state index in [4.69, 9.17) is 0 Å². The highest BCUT2D eigenvalue weighted by Gasteiger charge is 2.25. The normalized spacial score (nSPS) is 20.4. The minimum atomic E-state index is 0.691. The fourth-order valence-corrected chi connectivity index (χ4v) is 2.74. The smallest absolute Gasteiger partial charge is 0.0244 e. The molecular formula is C15H34N4. The van der Waals surface area contributed by atoms with Crippen LogP contribution in [0.1, 0.15) is 20.8 Å². The van der Waals surface area contributed by atoms with Gasteiger partial charge in [-0.1, -0.05) is 20.8 Å². The Morgan fingerprint density at radius 2 is 1.74 bits per heavy atom. The Labute approximate surface area is 120 Å². The van der Waals surface area contributed by atoms with Crippen molar-refractivity contribution in [2.24, 2.45) is 5.92 Å². The van der Waals surface area contributed by atoms with Crippen LogP contribution in [0.3, 0.4) is 0 Å². The van der Waals surface area contributed by atoms with Crippen LogP contribution < -0.4 is 5.32 Å². The topological polar surface area (TPSA) is 21.8 Å². The number of nitrogens with one attached hydrogen (secondary N) is 1. The van der Waals surface area contributed by atoms with Crippen LogP contribution in [-0.2, 0) is 0 Å². The van der Waals surface area contributed by atoms with Crippen LogP contribution in [0.5, 0.6) is 0 Å². The minimum Gasteiger partial charge on any atom is -0.315 e. The van der Waals surface area contributed by atoms with Gasteiger partial charge >= 0.3 is 0 Å². The van der Waals surface area contributed by atoms with E-state index in [9.17, 15) is 0 Å². The van der Waals surface area contributed by atoms with Gasteiger partial charge in [0.2, 0.25) is 0 Å². The average molecular weight is 270 g/mol. The summed E-state index contributed by atoms with van der Waals surface area (Å²) in [5.41, 5.74) is 0. The molecule has 1 aliphatic rings. The molecule has 114 valence electrons. The zero-order valence-corrected chi connectivity index (χ0v) is 13.7. The SMILES string of the molecule is CCNCC(C(C)C)N1CCN(CCN(C)C)CC1. The fraction of sp³-hybridized carbons (Fsp3) is 1.00.